The minimum Gasteiger partial charge on any atom is -0.476 e. The fraction of sp³-hybridized carbons (Fsp3) is 0.333. The molecule has 2 aromatic rings. The molecule has 0 saturated carbocycles. The predicted octanol–water partition coefficient (Wildman–Crippen LogP) is 5.12. The second kappa shape index (κ2) is 8.14. The number of anilines is 1. The Morgan fingerprint density at radius 1 is 1.23 bits per heavy atom. The molecule has 0 fully saturated rings. The number of alkyl halides is 3. The summed E-state index contributed by atoms with van der Waals surface area (Å²) in [5, 5.41) is 4.33. The molecule has 9 heteroatoms. The minimum atomic E-state index is -4.52. The Hall–Kier alpha value is -2.81. The monoisotopic (exact) mass is 438 g/mol. The molecule has 0 radical (unpaired) electrons. The maximum absolute atomic E-state index is 13.2. The number of thiophene rings is 1. The molecule has 1 aromatic heterocycles. The van der Waals surface area contributed by atoms with Gasteiger partial charge in [-0.3, -0.25) is 14.5 Å². The molecular weight excluding hydrogens is 417 g/mol. The van der Waals surface area contributed by atoms with E-state index in [-0.39, 0.29) is 18.3 Å². The van der Waals surface area contributed by atoms with E-state index >= 15 is 0 Å². The molecule has 1 aliphatic heterocycles. The average molecular weight is 438 g/mol. The highest BCUT2D eigenvalue weighted by Gasteiger charge is 2.43. The van der Waals surface area contributed by atoms with Crippen molar-refractivity contribution < 1.29 is 27.5 Å². The second-order valence-electron chi connectivity index (χ2n) is 7.23. The summed E-state index contributed by atoms with van der Waals surface area (Å²) < 4.78 is 44.6. The standard InChI is InChI=1S/C21H21F3N2O3S/c1-4-15-17(16-9-6-10-30-16)18(27)26(12-29-15)20(2,3)19(28)25-14-8-5-7-13(11-14)21(22,23)24/h5-11H,4,12H2,1-3H3,(H,25,28). The Bertz CT molecular complexity index is 982. The van der Waals surface area contributed by atoms with E-state index in [1.165, 1.54) is 42.2 Å². The Morgan fingerprint density at radius 3 is 2.57 bits per heavy atom. The molecule has 1 aromatic carbocycles. The highest BCUT2D eigenvalue weighted by molar-refractivity contribution is 7.11. The van der Waals surface area contributed by atoms with Crippen molar-refractivity contribution in [3.8, 4) is 0 Å². The third kappa shape index (κ3) is 4.21. The molecule has 0 unspecified atom stereocenters. The minimum absolute atomic E-state index is 0.00320. The zero-order chi connectivity index (χ0) is 22.1. The normalized spacial score (nSPS) is 15.3. The van der Waals surface area contributed by atoms with Crippen molar-refractivity contribution in [1.82, 2.24) is 4.90 Å². The van der Waals surface area contributed by atoms with Gasteiger partial charge in [0.2, 0.25) is 5.91 Å². The van der Waals surface area contributed by atoms with Gasteiger partial charge in [-0.25, -0.2) is 0 Å². The van der Waals surface area contributed by atoms with Crippen molar-refractivity contribution in [2.45, 2.75) is 38.9 Å². The molecular formula is C21H21F3N2O3S. The molecule has 0 bridgehead atoms. The number of hydrogen-bond acceptors (Lipinski definition) is 4. The van der Waals surface area contributed by atoms with Gasteiger partial charge in [0.25, 0.3) is 5.91 Å². The summed E-state index contributed by atoms with van der Waals surface area (Å²) >= 11 is 1.39. The van der Waals surface area contributed by atoms with E-state index in [9.17, 15) is 22.8 Å². The molecule has 3 rings (SSSR count). The summed E-state index contributed by atoms with van der Waals surface area (Å²) in [7, 11) is 0. The summed E-state index contributed by atoms with van der Waals surface area (Å²) in [6, 6.07) is 7.98. The first-order chi connectivity index (χ1) is 14.1. The van der Waals surface area contributed by atoms with Gasteiger partial charge in [0.1, 0.15) is 11.3 Å². The van der Waals surface area contributed by atoms with Crippen molar-refractivity contribution in [3.05, 3.63) is 58.0 Å². The SMILES string of the molecule is CCC1=C(c2cccs2)C(=O)N(C(C)(C)C(=O)Nc2cccc(C(F)(F)F)c2)CO1. The quantitative estimate of drug-likeness (QED) is 0.705. The number of carbonyl (C=O) groups is 2. The summed E-state index contributed by atoms with van der Waals surface area (Å²) in [4.78, 5) is 28.2. The Labute approximate surface area is 176 Å². The average Bonchev–Trinajstić information content (AvgIpc) is 3.21. The van der Waals surface area contributed by atoms with E-state index in [1.807, 2.05) is 18.4 Å². The van der Waals surface area contributed by atoms with Crippen LogP contribution in [-0.2, 0) is 20.5 Å². The van der Waals surface area contributed by atoms with Gasteiger partial charge < -0.3 is 10.1 Å². The maximum atomic E-state index is 13.2. The van der Waals surface area contributed by atoms with E-state index in [0.29, 0.717) is 17.8 Å². The van der Waals surface area contributed by atoms with Gasteiger partial charge in [-0.2, -0.15) is 13.2 Å². The van der Waals surface area contributed by atoms with Gasteiger partial charge in [-0.15, -0.1) is 11.3 Å². The molecule has 1 aliphatic rings. The van der Waals surface area contributed by atoms with Crippen LogP contribution in [-0.4, -0.2) is 29.0 Å². The van der Waals surface area contributed by atoms with Crippen LogP contribution in [0.2, 0.25) is 0 Å². The Kier molecular flexibility index (Phi) is 5.94. The van der Waals surface area contributed by atoms with Crippen molar-refractivity contribution in [2.75, 3.05) is 12.0 Å². The van der Waals surface area contributed by atoms with Gasteiger partial charge in [-0.1, -0.05) is 19.1 Å². The first-order valence-corrected chi connectivity index (χ1v) is 10.1. The predicted molar refractivity (Wildman–Crippen MR) is 108 cm³/mol. The second-order valence-corrected chi connectivity index (χ2v) is 8.18. The van der Waals surface area contributed by atoms with Gasteiger partial charge in [0.05, 0.1) is 11.1 Å². The van der Waals surface area contributed by atoms with E-state index in [4.69, 9.17) is 4.74 Å². The lowest BCUT2D eigenvalue weighted by molar-refractivity contribution is -0.147. The fourth-order valence-electron chi connectivity index (χ4n) is 3.07. The lowest BCUT2D eigenvalue weighted by atomic mass is 9.98. The third-order valence-corrected chi connectivity index (χ3v) is 5.76. The van der Waals surface area contributed by atoms with Crippen LogP contribution in [0.25, 0.3) is 5.57 Å². The number of nitrogens with one attached hydrogen (secondary N) is 1. The van der Waals surface area contributed by atoms with Crippen LogP contribution in [0.1, 0.15) is 37.6 Å². The van der Waals surface area contributed by atoms with E-state index < -0.39 is 23.2 Å². The number of hydrogen-bond donors (Lipinski definition) is 1. The number of carbonyl (C=O) groups excluding carboxylic acids is 2. The molecule has 160 valence electrons. The van der Waals surface area contributed by atoms with Crippen LogP contribution >= 0.6 is 11.3 Å². The number of allylic oxidation sites excluding steroid dienone is 1. The van der Waals surface area contributed by atoms with Crippen LogP contribution in [0.3, 0.4) is 0 Å². The Balaban J connectivity index is 1.86. The smallest absolute Gasteiger partial charge is 0.416 e. The number of nitrogens with zero attached hydrogens (tertiary/aromatic N) is 1. The van der Waals surface area contributed by atoms with Crippen LogP contribution in [0, 0.1) is 0 Å². The molecule has 0 aliphatic carbocycles. The summed E-state index contributed by atoms with van der Waals surface area (Å²) in [6.07, 6.45) is -4.01. The van der Waals surface area contributed by atoms with Crippen LogP contribution in [0.4, 0.5) is 18.9 Å². The summed E-state index contributed by atoms with van der Waals surface area (Å²) in [6.45, 7) is 4.80. The lowest BCUT2D eigenvalue weighted by Crippen LogP contribution is -2.57. The number of benzene rings is 1. The van der Waals surface area contributed by atoms with Gasteiger partial charge >= 0.3 is 6.18 Å². The van der Waals surface area contributed by atoms with Crippen LogP contribution < -0.4 is 5.32 Å². The number of amides is 2. The Morgan fingerprint density at radius 2 is 1.97 bits per heavy atom. The van der Waals surface area contributed by atoms with E-state index in [0.717, 1.165) is 17.0 Å². The number of rotatable bonds is 5. The molecule has 30 heavy (non-hydrogen) atoms. The van der Waals surface area contributed by atoms with Crippen molar-refractivity contribution in [1.29, 1.82) is 0 Å². The number of ether oxygens (including phenoxy) is 1. The molecule has 1 N–H and O–H groups in total. The zero-order valence-corrected chi connectivity index (χ0v) is 17.5. The summed E-state index contributed by atoms with van der Waals surface area (Å²) in [5.41, 5.74) is -1.84. The maximum Gasteiger partial charge on any atom is 0.416 e. The zero-order valence-electron chi connectivity index (χ0n) is 16.7. The third-order valence-electron chi connectivity index (χ3n) is 4.87. The molecule has 2 heterocycles. The van der Waals surface area contributed by atoms with Crippen LogP contribution in [0.15, 0.2) is 47.5 Å². The molecule has 2 amide bonds. The highest BCUT2D eigenvalue weighted by Crippen LogP contribution is 2.35. The largest absolute Gasteiger partial charge is 0.476 e. The first-order valence-electron chi connectivity index (χ1n) is 9.26. The molecule has 0 spiro atoms. The van der Waals surface area contributed by atoms with Crippen molar-refractivity contribution in [3.63, 3.8) is 0 Å². The molecule has 0 atom stereocenters. The fourth-order valence-corrected chi connectivity index (χ4v) is 3.84. The van der Waals surface area contributed by atoms with Crippen molar-refractivity contribution >= 4 is 34.4 Å². The summed E-state index contributed by atoms with van der Waals surface area (Å²) in [5.74, 6) is -0.429. The lowest BCUT2D eigenvalue weighted by Gasteiger charge is -2.40. The van der Waals surface area contributed by atoms with Gasteiger partial charge in [-0.05, 0) is 43.5 Å². The topological polar surface area (TPSA) is 58.6 Å². The molecule has 0 saturated heterocycles. The van der Waals surface area contributed by atoms with Gasteiger partial charge in [0.15, 0.2) is 6.73 Å². The highest BCUT2D eigenvalue weighted by atomic mass is 32.1. The first kappa shape index (κ1) is 21.9. The van der Waals surface area contributed by atoms with Crippen LogP contribution in [0.5, 0.6) is 0 Å². The van der Waals surface area contributed by atoms with Crippen molar-refractivity contribution in [2.24, 2.45) is 0 Å². The van der Waals surface area contributed by atoms with E-state index in [2.05, 4.69) is 5.32 Å². The number of halogens is 3. The molecule has 5 nitrogen and oxygen atoms in total. The van der Waals surface area contributed by atoms with Gasteiger partial charge in [0, 0.05) is 17.0 Å². The van der Waals surface area contributed by atoms with E-state index in [1.54, 1.807) is 6.07 Å².